The van der Waals surface area contributed by atoms with Crippen LogP contribution in [-0.4, -0.2) is 0 Å². The second-order valence-electron chi connectivity index (χ2n) is 9.57. The standard InChI is InChI=1S/C22H44/c1-17(2)8-7-9-20-14-21(12-10-18(3)4)16-22(15-20)13-11-19(5)6/h17-22H,7-16H2,1-6H3. The van der Waals surface area contributed by atoms with Gasteiger partial charge in [0.25, 0.3) is 0 Å². The van der Waals surface area contributed by atoms with E-state index in [1.165, 1.54) is 44.9 Å². The van der Waals surface area contributed by atoms with E-state index in [-0.39, 0.29) is 0 Å². The van der Waals surface area contributed by atoms with Gasteiger partial charge in [-0.05, 0) is 54.8 Å². The van der Waals surface area contributed by atoms with Crippen molar-refractivity contribution >= 4 is 0 Å². The Hall–Kier alpha value is 0. The largest absolute Gasteiger partial charge is 0.0628 e. The van der Waals surface area contributed by atoms with E-state index >= 15 is 0 Å². The first-order valence-electron chi connectivity index (χ1n) is 10.4. The maximum atomic E-state index is 2.39. The third-order valence-corrected chi connectivity index (χ3v) is 5.70. The minimum atomic E-state index is 0.885. The van der Waals surface area contributed by atoms with Gasteiger partial charge >= 0.3 is 0 Å². The Balaban J connectivity index is 2.44. The SMILES string of the molecule is CC(C)CCCC1CC(CCC(C)C)CC(CCC(C)C)C1. The zero-order valence-electron chi connectivity index (χ0n) is 16.5. The van der Waals surface area contributed by atoms with E-state index in [4.69, 9.17) is 0 Å². The highest BCUT2D eigenvalue weighted by Crippen LogP contribution is 2.41. The summed E-state index contributed by atoms with van der Waals surface area (Å²) in [5, 5.41) is 0. The zero-order valence-corrected chi connectivity index (χ0v) is 16.5. The van der Waals surface area contributed by atoms with Crippen LogP contribution in [0.2, 0.25) is 0 Å². The molecule has 0 saturated heterocycles. The third-order valence-electron chi connectivity index (χ3n) is 5.70. The summed E-state index contributed by atoms with van der Waals surface area (Å²) in [4.78, 5) is 0. The average Bonchev–Trinajstić information content (AvgIpc) is 2.42. The molecule has 2 unspecified atom stereocenters. The number of hydrogen-bond acceptors (Lipinski definition) is 0. The molecule has 132 valence electrons. The Kier molecular flexibility index (Phi) is 9.76. The van der Waals surface area contributed by atoms with E-state index in [2.05, 4.69) is 41.5 Å². The van der Waals surface area contributed by atoms with E-state index < -0.39 is 0 Å². The fraction of sp³-hybridized carbons (Fsp3) is 1.00. The second-order valence-corrected chi connectivity index (χ2v) is 9.57. The van der Waals surface area contributed by atoms with Crippen LogP contribution in [0, 0.1) is 35.5 Å². The van der Waals surface area contributed by atoms with Crippen LogP contribution in [0.1, 0.15) is 106 Å². The summed E-state index contributed by atoms with van der Waals surface area (Å²) in [7, 11) is 0. The van der Waals surface area contributed by atoms with Crippen molar-refractivity contribution in [1.82, 2.24) is 0 Å². The van der Waals surface area contributed by atoms with E-state index in [9.17, 15) is 0 Å². The van der Waals surface area contributed by atoms with Crippen LogP contribution in [0.25, 0.3) is 0 Å². The molecule has 0 heterocycles. The predicted molar refractivity (Wildman–Crippen MR) is 101 cm³/mol. The summed E-state index contributed by atoms with van der Waals surface area (Å²) in [6.45, 7) is 14.3. The highest BCUT2D eigenvalue weighted by atomic mass is 14.3. The molecular formula is C22H44. The molecule has 0 aromatic carbocycles. The van der Waals surface area contributed by atoms with Gasteiger partial charge in [-0.25, -0.2) is 0 Å². The molecule has 0 heteroatoms. The molecule has 0 nitrogen and oxygen atoms in total. The molecule has 2 atom stereocenters. The van der Waals surface area contributed by atoms with E-state index in [1.54, 1.807) is 19.3 Å². The fourth-order valence-corrected chi connectivity index (χ4v) is 4.36. The Morgan fingerprint density at radius 1 is 0.545 bits per heavy atom. The molecule has 1 aliphatic carbocycles. The first-order valence-corrected chi connectivity index (χ1v) is 10.4. The summed E-state index contributed by atoms with van der Waals surface area (Å²) < 4.78 is 0. The van der Waals surface area contributed by atoms with Gasteiger partial charge in [0.05, 0.1) is 0 Å². The van der Waals surface area contributed by atoms with Crippen LogP contribution in [0.5, 0.6) is 0 Å². The number of rotatable bonds is 10. The van der Waals surface area contributed by atoms with Crippen molar-refractivity contribution in [3.05, 3.63) is 0 Å². The molecule has 22 heavy (non-hydrogen) atoms. The Bertz CT molecular complexity index is 243. The molecule has 0 bridgehead atoms. The van der Waals surface area contributed by atoms with E-state index in [0.29, 0.717) is 0 Å². The Morgan fingerprint density at radius 2 is 0.909 bits per heavy atom. The lowest BCUT2D eigenvalue weighted by Gasteiger charge is -2.36. The second kappa shape index (κ2) is 10.7. The van der Waals surface area contributed by atoms with Crippen LogP contribution < -0.4 is 0 Å². The zero-order chi connectivity index (χ0) is 16.5. The maximum Gasteiger partial charge on any atom is -0.0409 e. The van der Waals surface area contributed by atoms with Crippen LogP contribution in [0.3, 0.4) is 0 Å². The lowest BCUT2D eigenvalue weighted by Crippen LogP contribution is -2.24. The van der Waals surface area contributed by atoms with Crippen molar-refractivity contribution in [3.63, 3.8) is 0 Å². The van der Waals surface area contributed by atoms with Crippen molar-refractivity contribution in [2.24, 2.45) is 35.5 Å². The molecule has 0 aromatic heterocycles. The van der Waals surface area contributed by atoms with Gasteiger partial charge in [0.15, 0.2) is 0 Å². The molecule has 0 spiro atoms. The van der Waals surface area contributed by atoms with Gasteiger partial charge in [0.2, 0.25) is 0 Å². The summed E-state index contributed by atoms with van der Waals surface area (Å²) in [6.07, 6.45) is 14.9. The normalized spacial score (nSPS) is 26.3. The maximum absolute atomic E-state index is 2.39. The van der Waals surface area contributed by atoms with E-state index in [1.807, 2.05) is 0 Å². The molecule has 1 rings (SSSR count). The van der Waals surface area contributed by atoms with Gasteiger partial charge in [-0.15, -0.1) is 0 Å². The van der Waals surface area contributed by atoms with Crippen LogP contribution >= 0.6 is 0 Å². The van der Waals surface area contributed by atoms with Crippen molar-refractivity contribution in [2.45, 2.75) is 106 Å². The van der Waals surface area contributed by atoms with Gasteiger partial charge in [0.1, 0.15) is 0 Å². The topological polar surface area (TPSA) is 0 Å². The molecule has 0 N–H and O–H groups in total. The molecule has 0 amide bonds. The van der Waals surface area contributed by atoms with Gasteiger partial charge < -0.3 is 0 Å². The highest BCUT2D eigenvalue weighted by Gasteiger charge is 2.28. The lowest BCUT2D eigenvalue weighted by molar-refractivity contribution is 0.158. The van der Waals surface area contributed by atoms with Crippen molar-refractivity contribution < 1.29 is 0 Å². The number of hydrogen-bond donors (Lipinski definition) is 0. The van der Waals surface area contributed by atoms with Crippen molar-refractivity contribution in [2.75, 3.05) is 0 Å². The molecule has 0 aromatic rings. The molecule has 0 aliphatic heterocycles. The predicted octanol–water partition coefficient (Wildman–Crippen LogP) is 7.72. The summed E-state index contributed by atoms with van der Waals surface area (Å²) >= 11 is 0. The van der Waals surface area contributed by atoms with Crippen LogP contribution in [-0.2, 0) is 0 Å². The summed E-state index contributed by atoms with van der Waals surface area (Å²) in [6, 6.07) is 0. The summed E-state index contributed by atoms with van der Waals surface area (Å²) in [5.74, 6) is 5.78. The summed E-state index contributed by atoms with van der Waals surface area (Å²) in [5.41, 5.74) is 0. The molecule has 1 aliphatic rings. The lowest BCUT2D eigenvalue weighted by atomic mass is 9.70. The molecule has 1 saturated carbocycles. The highest BCUT2D eigenvalue weighted by molar-refractivity contribution is 4.80. The minimum Gasteiger partial charge on any atom is -0.0628 e. The Labute approximate surface area is 141 Å². The van der Waals surface area contributed by atoms with Crippen molar-refractivity contribution in [1.29, 1.82) is 0 Å². The quantitative estimate of drug-likeness (QED) is 0.387. The van der Waals surface area contributed by atoms with Gasteiger partial charge in [-0.3, -0.25) is 0 Å². The van der Waals surface area contributed by atoms with Crippen molar-refractivity contribution in [3.8, 4) is 0 Å². The molecule has 0 radical (unpaired) electrons. The van der Waals surface area contributed by atoms with Crippen LogP contribution in [0.15, 0.2) is 0 Å². The Morgan fingerprint density at radius 3 is 1.27 bits per heavy atom. The molecular weight excluding hydrogens is 264 g/mol. The molecule has 1 fully saturated rings. The van der Waals surface area contributed by atoms with Gasteiger partial charge in [-0.2, -0.15) is 0 Å². The fourth-order valence-electron chi connectivity index (χ4n) is 4.36. The first-order chi connectivity index (χ1) is 10.4. The van der Waals surface area contributed by atoms with Crippen LogP contribution in [0.4, 0.5) is 0 Å². The minimum absolute atomic E-state index is 0.885. The monoisotopic (exact) mass is 308 g/mol. The first kappa shape index (κ1) is 20.0. The van der Waals surface area contributed by atoms with E-state index in [0.717, 1.165) is 35.5 Å². The van der Waals surface area contributed by atoms with Gasteiger partial charge in [-0.1, -0.05) is 86.5 Å². The van der Waals surface area contributed by atoms with Gasteiger partial charge in [0, 0.05) is 0 Å². The average molecular weight is 309 g/mol. The third kappa shape index (κ3) is 9.21. The smallest absolute Gasteiger partial charge is 0.0409 e.